The maximum atomic E-state index is 6.65. The number of hydrogen-bond acceptors (Lipinski definition) is 3. The molecule has 2 heterocycles. The lowest BCUT2D eigenvalue weighted by molar-refractivity contribution is 0.673. The maximum absolute atomic E-state index is 6.65. The van der Waals surface area contributed by atoms with Crippen molar-refractivity contribution in [3.63, 3.8) is 0 Å². The predicted molar refractivity (Wildman–Crippen MR) is 243 cm³/mol. The van der Waals surface area contributed by atoms with E-state index >= 15 is 0 Å². The average molecular weight is 756 g/mol. The summed E-state index contributed by atoms with van der Waals surface area (Å²) >= 11 is 1.84. The Morgan fingerprint density at radius 1 is 0.414 bits per heavy atom. The largest absolute Gasteiger partial charge is 0.455 e. The summed E-state index contributed by atoms with van der Waals surface area (Å²) in [5.74, 6) is 0. The molecule has 0 bridgehead atoms. The fraction of sp³-hybridized carbons (Fsp3) is 0.0182. The number of rotatable bonds is 4. The van der Waals surface area contributed by atoms with E-state index in [1.165, 1.54) is 75.8 Å². The van der Waals surface area contributed by atoms with Crippen LogP contribution in [0.4, 0.5) is 17.1 Å². The first-order chi connectivity index (χ1) is 28.8. The van der Waals surface area contributed by atoms with E-state index in [0.29, 0.717) is 0 Å². The van der Waals surface area contributed by atoms with Crippen LogP contribution in [0.1, 0.15) is 22.3 Å². The standard InChI is InChI=1S/C55H33NOS/c1-2-16-35(17-3-1)56(47-28-14-27-46-51(47)42-22-6-10-26-45(42)55(46)43-24-8-4-19-38(43)39-20-5-9-25-44(39)55)36-18-12-15-34(33-36)37-23-13-30-49-52(37)53-50(58-49)32-31-41-40-21-7-11-29-48(40)57-54(41)53/h1-33H. The normalized spacial score (nSPS) is 13.3. The molecule has 0 amide bonds. The van der Waals surface area contributed by atoms with Crippen molar-refractivity contribution in [2.75, 3.05) is 4.90 Å². The molecule has 2 aliphatic rings. The van der Waals surface area contributed by atoms with Crippen molar-refractivity contribution < 1.29 is 4.42 Å². The highest BCUT2D eigenvalue weighted by Gasteiger charge is 2.52. The Balaban J connectivity index is 1.06. The van der Waals surface area contributed by atoms with Gasteiger partial charge in [-0.2, -0.15) is 0 Å². The molecule has 0 saturated heterocycles. The monoisotopic (exact) mass is 755 g/mol. The molecular formula is C55H33NOS. The molecule has 0 N–H and O–H groups in total. The summed E-state index contributed by atoms with van der Waals surface area (Å²) in [7, 11) is 0. The fourth-order valence-electron chi connectivity index (χ4n) is 10.5. The highest BCUT2D eigenvalue weighted by Crippen LogP contribution is 2.64. The van der Waals surface area contributed by atoms with Crippen LogP contribution in [0.15, 0.2) is 205 Å². The van der Waals surface area contributed by atoms with Gasteiger partial charge in [-0.1, -0.05) is 146 Å². The second-order valence-corrected chi connectivity index (χ2v) is 16.6. The van der Waals surface area contributed by atoms with Gasteiger partial charge >= 0.3 is 0 Å². The predicted octanol–water partition coefficient (Wildman–Crippen LogP) is 15.4. The van der Waals surface area contributed by atoms with Gasteiger partial charge in [0.1, 0.15) is 11.2 Å². The van der Waals surface area contributed by atoms with Gasteiger partial charge in [0.05, 0.1) is 11.1 Å². The van der Waals surface area contributed by atoms with Crippen LogP contribution >= 0.6 is 11.3 Å². The molecule has 2 aliphatic carbocycles. The number of benzene rings is 9. The lowest BCUT2D eigenvalue weighted by Gasteiger charge is -2.32. The Kier molecular flexibility index (Phi) is 6.56. The molecule has 13 rings (SSSR count). The van der Waals surface area contributed by atoms with Crippen LogP contribution in [0.25, 0.3) is 75.5 Å². The third-order valence-electron chi connectivity index (χ3n) is 12.7. The number of fused-ring (bicyclic) bond motifs is 17. The summed E-state index contributed by atoms with van der Waals surface area (Å²) in [6.45, 7) is 0. The van der Waals surface area contributed by atoms with Crippen molar-refractivity contribution in [3.8, 4) is 33.4 Å². The molecule has 2 nitrogen and oxygen atoms in total. The summed E-state index contributed by atoms with van der Waals surface area (Å²) in [4.78, 5) is 2.47. The van der Waals surface area contributed by atoms with Crippen molar-refractivity contribution >= 4 is 70.5 Å². The Bertz CT molecular complexity index is 3430. The summed E-state index contributed by atoms with van der Waals surface area (Å²) < 4.78 is 9.14. The fourth-order valence-corrected chi connectivity index (χ4v) is 11.6. The van der Waals surface area contributed by atoms with E-state index in [4.69, 9.17) is 4.42 Å². The zero-order chi connectivity index (χ0) is 38.0. The molecule has 270 valence electrons. The first kappa shape index (κ1) is 31.9. The van der Waals surface area contributed by atoms with E-state index in [0.717, 1.165) is 39.0 Å². The number of nitrogens with zero attached hydrogens (tertiary/aromatic N) is 1. The average Bonchev–Trinajstić information content (AvgIpc) is 4.02. The Labute approximate surface area is 339 Å². The molecule has 0 atom stereocenters. The molecular weight excluding hydrogens is 723 g/mol. The third kappa shape index (κ3) is 4.16. The molecule has 58 heavy (non-hydrogen) atoms. The van der Waals surface area contributed by atoms with Gasteiger partial charge in [-0.05, 0) is 105 Å². The molecule has 0 unspecified atom stereocenters. The number of furan rings is 1. The van der Waals surface area contributed by atoms with Gasteiger partial charge in [-0.25, -0.2) is 0 Å². The minimum absolute atomic E-state index is 0.420. The minimum atomic E-state index is -0.420. The van der Waals surface area contributed by atoms with Crippen molar-refractivity contribution in [1.82, 2.24) is 0 Å². The zero-order valence-electron chi connectivity index (χ0n) is 31.3. The van der Waals surface area contributed by atoms with Gasteiger partial charge in [-0.15, -0.1) is 11.3 Å². The first-order valence-corrected chi connectivity index (χ1v) is 20.7. The van der Waals surface area contributed by atoms with Crippen molar-refractivity contribution in [2.45, 2.75) is 5.41 Å². The van der Waals surface area contributed by atoms with E-state index < -0.39 is 5.41 Å². The van der Waals surface area contributed by atoms with Gasteiger partial charge in [0.25, 0.3) is 0 Å². The Morgan fingerprint density at radius 3 is 1.83 bits per heavy atom. The second-order valence-electron chi connectivity index (χ2n) is 15.5. The van der Waals surface area contributed by atoms with Crippen LogP contribution in [0.5, 0.6) is 0 Å². The maximum Gasteiger partial charge on any atom is 0.144 e. The molecule has 0 fully saturated rings. The highest BCUT2D eigenvalue weighted by molar-refractivity contribution is 7.26. The molecule has 2 aromatic heterocycles. The molecule has 0 radical (unpaired) electrons. The number of para-hydroxylation sites is 2. The second kappa shape index (κ2) is 11.9. The van der Waals surface area contributed by atoms with E-state index in [-0.39, 0.29) is 0 Å². The van der Waals surface area contributed by atoms with E-state index in [2.05, 4.69) is 205 Å². The zero-order valence-corrected chi connectivity index (χ0v) is 32.1. The third-order valence-corrected chi connectivity index (χ3v) is 13.8. The molecule has 0 aliphatic heterocycles. The topological polar surface area (TPSA) is 16.4 Å². The number of anilines is 3. The highest BCUT2D eigenvalue weighted by atomic mass is 32.1. The molecule has 11 aromatic rings. The van der Waals surface area contributed by atoms with Gasteiger partial charge in [0.15, 0.2) is 0 Å². The first-order valence-electron chi connectivity index (χ1n) is 19.9. The van der Waals surface area contributed by atoms with Crippen molar-refractivity contribution in [2.24, 2.45) is 0 Å². The van der Waals surface area contributed by atoms with E-state index in [1.807, 2.05) is 11.3 Å². The van der Waals surface area contributed by atoms with Gasteiger partial charge in [0.2, 0.25) is 0 Å². The summed E-state index contributed by atoms with van der Waals surface area (Å²) in [6, 6.07) is 73.6. The Morgan fingerprint density at radius 2 is 1.02 bits per heavy atom. The summed E-state index contributed by atoms with van der Waals surface area (Å²) in [5, 5.41) is 4.74. The molecule has 0 saturated carbocycles. The Hall–Kier alpha value is -7.20. The molecule has 1 spiro atoms. The number of hydrogen-bond donors (Lipinski definition) is 0. The van der Waals surface area contributed by atoms with Crippen molar-refractivity contribution in [1.29, 1.82) is 0 Å². The van der Waals surface area contributed by atoms with Crippen LogP contribution in [0.3, 0.4) is 0 Å². The van der Waals surface area contributed by atoms with E-state index in [1.54, 1.807) is 0 Å². The lowest BCUT2D eigenvalue weighted by atomic mass is 9.70. The quantitative estimate of drug-likeness (QED) is 0.178. The SMILES string of the molecule is c1ccc(N(c2cccc(-c3cccc4sc5ccc6c7ccccc7oc6c5c34)c2)c2cccc3c2-c2ccccc2C32c3ccccc3-c3ccccc32)cc1. The molecule has 3 heteroatoms. The van der Waals surface area contributed by atoms with Gasteiger partial charge in [-0.3, -0.25) is 0 Å². The molecule has 9 aromatic carbocycles. The van der Waals surface area contributed by atoms with Gasteiger partial charge in [0, 0.05) is 47.9 Å². The van der Waals surface area contributed by atoms with Crippen LogP contribution in [-0.4, -0.2) is 0 Å². The minimum Gasteiger partial charge on any atom is -0.455 e. The lowest BCUT2D eigenvalue weighted by Crippen LogP contribution is -2.26. The van der Waals surface area contributed by atoms with Crippen LogP contribution < -0.4 is 4.90 Å². The van der Waals surface area contributed by atoms with Crippen molar-refractivity contribution in [3.05, 3.63) is 222 Å². The van der Waals surface area contributed by atoms with Crippen LogP contribution in [-0.2, 0) is 5.41 Å². The smallest absolute Gasteiger partial charge is 0.144 e. The van der Waals surface area contributed by atoms with Crippen LogP contribution in [0, 0.1) is 0 Å². The van der Waals surface area contributed by atoms with Crippen LogP contribution in [0.2, 0.25) is 0 Å². The summed E-state index contributed by atoms with van der Waals surface area (Å²) in [6.07, 6.45) is 0. The summed E-state index contributed by atoms with van der Waals surface area (Å²) in [5.41, 5.74) is 17.8. The van der Waals surface area contributed by atoms with E-state index in [9.17, 15) is 0 Å². The number of thiophene rings is 1. The van der Waals surface area contributed by atoms with Gasteiger partial charge < -0.3 is 9.32 Å².